The second-order valence-electron chi connectivity index (χ2n) is 3.61. The number of thiophene rings is 1. The largest absolute Gasteiger partial charge is 0.466 e. The van der Waals surface area contributed by atoms with Crippen molar-refractivity contribution in [3.05, 3.63) is 46.0 Å². The van der Waals surface area contributed by atoms with Crippen LogP contribution >= 0.6 is 11.3 Å². The first-order valence-corrected chi connectivity index (χ1v) is 6.40. The highest BCUT2D eigenvalue weighted by molar-refractivity contribution is 7.12. The number of ether oxygens (including phenoxy) is 1. The first-order valence-electron chi connectivity index (χ1n) is 5.52. The predicted molar refractivity (Wildman–Crippen MR) is 66.8 cm³/mol. The summed E-state index contributed by atoms with van der Waals surface area (Å²) in [4.78, 5) is 23.8. The van der Waals surface area contributed by atoms with Gasteiger partial charge >= 0.3 is 5.97 Å². The average molecular weight is 264 g/mol. The summed E-state index contributed by atoms with van der Waals surface area (Å²) in [6.45, 7) is 2.12. The van der Waals surface area contributed by atoms with E-state index in [0.29, 0.717) is 17.2 Å². The van der Waals surface area contributed by atoms with Crippen molar-refractivity contribution in [2.24, 2.45) is 0 Å². The second-order valence-corrected chi connectivity index (χ2v) is 4.52. The maximum atomic E-state index is 11.9. The van der Waals surface area contributed by atoms with Gasteiger partial charge in [-0.25, -0.2) is 0 Å². The number of carbonyl (C=O) groups is 2. The molecule has 0 radical (unpaired) electrons. The number of rotatable bonds is 5. The van der Waals surface area contributed by atoms with Crippen molar-refractivity contribution < 1.29 is 18.7 Å². The highest BCUT2D eigenvalue weighted by atomic mass is 32.1. The zero-order chi connectivity index (χ0) is 13.0. The fourth-order valence-corrected chi connectivity index (χ4v) is 2.35. The fraction of sp³-hybridized carbons (Fsp3) is 0.231. The van der Waals surface area contributed by atoms with Crippen LogP contribution in [-0.2, 0) is 16.0 Å². The Balaban J connectivity index is 2.06. The summed E-state index contributed by atoms with van der Waals surface area (Å²) in [5, 5.41) is 1.78. The van der Waals surface area contributed by atoms with Gasteiger partial charge in [0.25, 0.3) is 0 Å². The molecule has 0 saturated heterocycles. The van der Waals surface area contributed by atoms with Crippen molar-refractivity contribution in [2.75, 3.05) is 6.61 Å². The maximum Gasteiger partial charge on any atom is 0.310 e. The van der Waals surface area contributed by atoms with Gasteiger partial charge in [-0.15, -0.1) is 11.3 Å². The van der Waals surface area contributed by atoms with Crippen LogP contribution in [-0.4, -0.2) is 18.4 Å². The van der Waals surface area contributed by atoms with E-state index >= 15 is 0 Å². The standard InChI is InChI=1S/C13H12O4S/c1-2-16-12(14)7-9-6-11(18-8-9)13(15)10-4-3-5-17-10/h3-6,8H,2,7H2,1H3. The van der Waals surface area contributed by atoms with Crippen LogP contribution in [0.25, 0.3) is 0 Å². The Hall–Kier alpha value is -1.88. The van der Waals surface area contributed by atoms with Crippen molar-refractivity contribution in [3.63, 3.8) is 0 Å². The zero-order valence-corrected chi connectivity index (χ0v) is 10.7. The first-order chi connectivity index (χ1) is 8.70. The quantitative estimate of drug-likeness (QED) is 0.615. The number of esters is 1. The van der Waals surface area contributed by atoms with Crippen LogP contribution in [0.4, 0.5) is 0 Å². The Kier molecular flexibility index (Phi) is 3.94. The van der Waals surface area contributed by atoms with Crippen molar-refractivity contribution in [1.82, 2.24) is 0 Å². The van der Waals surface area contributed by atoms with Crippen LogP contribution in [0, 0.1) is 0 Å². The lowest BCUT2D eigenvalue weighted by molar-refractivity contribution is -0.142. The van der Waals surface area contributed by atoms with Crippen molar-refractivity contribution in [3.8, 4) is 0 Å². The Bertz CT molecular complexity index is 539. The molecule has 0 aliphatic carbocycles. The molecule has 0 bridgehead atoms. The molecule has 0 spiro atoms. The van der Waals surface area contributed by atoms with Crippen LogP contribution in [0.2, 0.25) is 0 Å². The lowest BCUT2D eigenvalue weighted by Crippen LogP contribution is -2.06. The van der Waals surface area contributed by atoms with E-state index < -0.39 is 0 Å². The van der Waals surface area contributed by atoms with E-state index in [0.717, 1.165) is 5.56 Å². The molecule has 0 aliphatic heterocycles. The van der Waals surface area contributed by atoms with Crippen LogP contribution in [0.15, 0.2) is 34.3 Å². The van der Waals surface area contributed by atoms with Crippen molar-refractivity contribution >= 4 is 23.1 Å². The van der Waals surface area contributed by atoms with Gasteiger partial charge in [-0.3, -0.25) is 9.59 Å². The average Bonchev–Trinajstić information content (AvgIpc) is 2.98. The summed E-state index contributed by atoms with van der Waals surface area (Å²) in [6.07, 6.45) is 1.65. The third-order valence-corrected chi connectivity index (χ3v) is 3.25. The molecule has 0 atom stereocenters. The Morgan fingerprint density at radius 2 is 2.28 bits per heavy atom. The van der Waals surface area contributed by atoms with Gasteiger partial charge in [0.05, 0.1) is 24.2 Å². The number of carbonyl (C=O) groups excluding carboxylic acids is 2. The van der Waals surface area contributed by atoms with Gasteiger partial charge in [-0.2, -0.15) is 0 Å². The van der Waals surface area contributed by atoms with E-state index in [4.69, 9.17) is 9.15 Å². The Morgan fingerprint density at radius 1 is 1.44 bits per heavy atom. The number of furan rings is 1. The van der Waals surface area contributed by atoms with Crippen molar-refractivity contribution in [2.45, 2.75) is 13.3 Å². The van der Waals surface area contributed by atoms with E-state index in [1.54, 1.807) is 30.5 Å². The van der Waals surface area contributed by atoms with Crippen LogP contribution in [0.3, 0.4) is 0 Å². The SMILES string of the molecule is CCOC(=O)Cc1csc(C(=O)c2ccco2)c1. The normalized spacial score (nSPS) is 10.3. The molecule has 0 aliphatic rings. The molecule has 2 aromatic rings. The molecular formula is C13H12O4S. The summed E-state index contributed by atoms with van der Waals surface area (Å²) >= 11 is 1.30. The molecule has 4 nitrogen and oxygen atoms in total. The summed E-state index contributed by atoms with van der Waals surface area (Å²) < 4.78 is 9.89. The minimum Gasteiger partial charge on any atom is -0.466 e. The molecule has 2 rings (SSSR count). The third kappa shape index (κ3) is 2.87. The lowest BCUT2D eigenvalue weighted by atomic mass is 10.2. The molecule has 18 heavy (non-hydrogen) atoms. The molecule has 94 valence electrons. The van der Waals surface area contributed by atoms with Gasteiger partial charge in [0.1, 0.15) is 0 Å². The van der Waals surface area contributed by atoms with Gasteiger partial charge in [0.15, 0.2) is 5.76 Å². The van der Waals surface area contributed by atoms with Gasteiger partial charge in [0, 0.05) is 0 Å². The zero-order valence-electron chi connectivity index (χ0n) is 9.84. The molecule has 0 N–H and O–H groups in total. The van der Waals surface area contributed by atoms with Crippen molar-refractivity contribution in [1.29, 1.82) is 0 Å². The Morgan fingerprint density at radius 3 is 2.94 bits per heavy atom. The topological polar surface area (TPSA) is 56.5 Å². The van der Waals surface area contributed by atoms with E-state index in [1.165, 1.54) is 17.6 Å². The highest BCUT2D eigenvalue weighted by Crippen LogP contribution is 2.19. The van der Waals surface area contributed by atoms with Gasteiger partial charge in [-0.05, 0) is 36.1 Å². The second kappa shape index (κ2) is 5.64. The minimum atomic E-state index is -0.285. The fourth-order valence-electron chi connectivity index (χ4n) is 1.50. The molecule has 2 heterocycles. The van der Waals surface area contributed by atoms with Gasteiger partial charge < -0.3 is 9.15 Å². The maximum absolute atomic E-state index is 11.9. The van der Waals surface area contributed by atoms with Gasteiger partial charge in [0.2, 0.25) is 5.78 Å². The summed E-state index contributed by atoms with van der Waals surface area (Å²) in [7, 11) is 0. The van der Waals surface area contributed by atoms with Gasteiger partial charge in [-0.1, -0.05) is 0 Å². The summed E-state index contributed by atoms with van der Waals surface area (Å²) in [5.74, 6) is -0.146. The molecular weight excluding hydrogens is 252 g/mol. The highest BCUT2D eigenvalue weighted by Gasteiger charge is 2.15. The minimum absolute atomic E-state index is 0.167. The molecule has 0 aromatic carbocycles. The number of hydrogen-bond donors (Lipinski definition) is 0. The first kappa shape index (κ1) is 12.6. The van der Waals surface area contributed by atoms with E-state index in [1.807, 2.05) is 0 Å². The molecule has 0 unspecified atom stereocenters. The predicted octanol–water partition coefficient (Wildman–Crippen LogP) is 2.68. The molecule has 0 saturated carbocycles. The monoisotopic (exact) mass is 264 g/mol. The smallest absolute Gasteiger partial charge is 0.310 e. The molecule has 5 heteroatoms. The Labute approximate surface area is 108 Å². The summed E-state index contributed by atoms with van der Waals surface area (Å²) in [6, 6.07) is 4.99. The molecule has 0 amide bonds. The van der Waals surface area contributed by atoms with Crippen LogP contribution in [0.5, 0.6) is 0 Å². The van der Waals surface area contributed by atoms with Crippen LogP contribution in [0.1, 0.15) is 27.9 Å². The third-order valence-electron chi connectivity index (χ3n) is 2.28. The van der Waals surface area contributed by atoms with E-state index in [2.05, 4.69) is 0 Å². The van der Waals surface area contributed by atoms with Crippen LogP contribution < -0.4 is 0 Å². The van der Waals surface area contributed by atoms with E-state index in [9.17, 15) is 9.59 Å². The van der Waals surface area contributed by atoms with E-state index in [-0.39, 0.29) is 18.2 Å². The number of ketones is 1. The lowest BCUT2D eigenvalue weighted by Gasteiger charge is -1.98. The summed E-state index contributed by atoms with van der Waals surface area (Å²) in [5.41, 5.74) is 0.786. The number of hydrogen-bond acceptors (Lipinski definition) is 5. The molecule has 2 aromatic heterocycles. The molecule has 0 fully saturated rings.